The van der Waals surface area contributed by atoms with E-state index in [0.717, 1.165) is 32.4 Å². The number of rotatable bonds is 4. The minimum atomic E-state index is -0.0202. The topological polar surface area (TPSA) is 86.0 Å². The van der Waals surface area contributed by atoms with Crippen LogP contribution in [0.2, 0.25) is 0 Å². The molecule has 1 saturated heterocycles. The summed E-state index contributed by atoms with van der Waals surface area (Å²) in [7, 11) is 1.56. The molecule has 7 heteroatoms. The van der Waals surface area contributed by atoms with Gasteiger partial charge in [0.2, 0.25) is 17.6 Å². The van der Waals surface area contributed by atoms with Crippen LogP contribution in [0.4, 0.5) is 0 Å². The van der Waals surface area contributed by atoms with Gasteiger partial charge < -0.3 is 14.6 Å². The molecule has 112 valence electrons. The van der Waals surface area contributed by atoms with E-state index in [1.165, 1.54) is 6.33 Å². The second kappa shape index (κ2) is 5.77. The molecule has 7 nitrogen and oxygen atoms in total. The number of piperidine rings is 1. The summed E-state index contributed by atoms with van der Waals surface area (Å²) in [5.41, 5.74) is 0.588. The summed E-state index contributed by atoms with van der Waals surface area (Å²) in [5, 5.41) is 7.45. The van der Waals surface area contributed by atoms with Gasteiger partial charge in [-0.25, -0.2) is 9.97 Å². The molecule has 1 aliphatic heterocycles. The van der Waals surface area contributed by atoms with E-state index in [1.54, 1.807) is 13.2 Å². The van der Waals surface area contributed by atoms with Crippen molar-refractivity contribution in [2.24, 2.45) is 0 Å². The lowest BCUT2D eigenvalue weighted by atomic mass is 9.76. The maximum Gasteiger partial charge on any atom is 0.233 e. The summed E-state index contributed by atoms with van der Waals surface area (Å²) < 4.78 is 10.6. The molecule has 0 saturated carbocycles. The number of aromatic nitrogens is 4. The minimum Gasteiger partial charge on any atom is -0.481 e. The lowest BCUT2D eigenvalue weighted by Crippen LogP contribution is -2.39. The Hall–Kier alpha value is -2.02. The summed E-state index contributed by atoms with van der Waals surface area (Å²) in [6.45, 7) is 4.13. The van der Waals surface area contributed by atoms with E-state index in [9.17, 15) is 0 Å². The first-order chi connectivity index (χ1) is 10.3. The van der Waals surface area contributed by atoms with Crippen LogP contribution in [0.3, 0.4) is 0 Å². The molecule has 2 aromatic heterocycles. The zero-order valence-electron chi connectivity index (χ0n) is 12.3. The zero-order valence-corrected chi connectivity index (χ0v) is 12.3. The second-order valence-corrected chi connectivity index (χ2v) is 5.25. The van der Waals surface area contributed by atoms with Crippen molar-refractivity contribution < 1.29 is 9.26 Å². The van der Waals surface area contributed by atoms with Gasteiger partial charge in [-0.2, -0.15) is 4.98 Å². The molecule has 0 spiro atoms. The average molecular weight is 289 g/mol. The van der Waals surface area contributed by atoms with Crippen LogP contribution >= 0.6 is 0 Å². The molecule has 0 aromatic carbocycles. The van der Waals surface area contributed by atoms with Crippen molar-refractivity contribution in [3.8, 4) is 17.4 Å². The zero-order chi connectivity index (χ0) is 14.7. The minimum absolute atomic E-state index is 0.0202. The van der Waals surface area contributed by atoms with E-state index in [0.29, 0.717) is 23.3 Å². The fraction of sp³-hybridized carbons (Fsp3) is 0.571. The molecular weight excluding hydrogens is 270 g/mol. The fourth-order valence-electron chi connectivity index (χ4n) is 2.74. The number of hydrogen-bond donors (Lipinski definition) is 1. The van der Waals surface area contributed by atoms with Crippen molar-refractivity contribution >= 4 is 0 Å². The summed E-state index contributed by atoms with van der Waals surface area (Å²) in [4.78, 5) is 12.7. The number of ether oxygens (including phenoxy) is 1. The van der Waals surface area contributed by atoms with E-state index in [1.807, 2.05) is 0 Å². The highest BCUT2D eigenvalue weighted by Gasteiger charge is 2.37. The highest BCUT2D eigenvalue weighted by Crippen LogP contribution is 2.36. The molecule has 0 bridgehead atoms. The molecule has 1 fully saturated rings. The maximum absolute atomic E-state index is 5.54. The first-order valence-corrected chi connectivity index (χ1v) is 7.19. The van der Waals surface area contributed by atoms with E-state index in [-0.39, 0.29) is 5.41 Å². The lowest BCUT2D eigenvalue weighted by Gasteiger charge is -2.33. The van der Waals surface area contributed by atoms with E-state index in [2.05, 4.69) is 32.3 Å². The third kappa shape index (κ3) is 2.61. The molecule has 2 aromatic rings. The fourth-order valence-corrected chi connectivity index (χ4v) is 2.74. The third-order valence-corrected chi connectivity index (χ3v) is 4.20. The van der Waals surface area contributed by atoms with Gasteiger partial charge in [0, 0.05) is 6.07 Å². The van der Waals surface area contributed by atoms with Gasteiger partial charge in [0.1, 0.15) is 12.0 Å². The quantitative estimate of drug-likeness (QED) is 0.914. The van der Waals surface area contributed by atoms with Crippen LogP contribution in [0.25, 0.3) is 11.5 Å². The maximum atomic E-state index is 5.54. The predicted molar refractivity (Wildman–Crippen MR) is 75.9 cm³/mol. The number of methoxy groups -OCH3 is 1. The summed E-state index contributed by atoms with van der Waals surface area (Å²) in [6, 6.07) is 1.70. The molecule has 0 unspecified atom stereocenters. The van der Waals surface area contributed by atoms with Gasteiger partial charge in [-0.15, -0.1) is 0 Å². The van der Waals surface area contributed by atoms with Crippen molar-refractivity contribution in [3.63, 3.8) is 0 Å². The van der Waals surface area contributed by atoms with E-state index < -0.39 is 0 Å². The van der Waals surface area contributed by atoms with Crippen molar-refractivity contribution in [1.29, 1.82) is 0 Å². The van der Waals surface area contributed by atoms with Crippen LogP contribution in [0.15, 0.2) is 16.9 Å². The van der Waals surface area contributed by atoms with Crippen molar-refractivity contribution in [2.75, 3.05) is 20.2 Å². The predicted octanol–water partition coefficient (Wildman–Crippen LogP) is 1.57. The third-order valence-electron chi connectivity index (χ3n) is 4.20. The lowest BCUT2D eigenvalue weighted by molar-refractivity contribution is 0.216. The summed E-state index contributed by atoms with van der Waals surface area (Å²) in [6.07, 6.45) is 4.45. The van der Waals surface area contributed by atoms with Gasteiger partial charge in [0.05, 0.1) is 12.5 Å². The monoisotopic (exact) mass is 289 g/mol. The Morgan fingerprint density at radius 1 is 1.33 bits per heavy atom. The van der Waals surface area contributed by atoms with Crippen LogP contribution < -0.4 is 10.1 Å². The van der Waals surface area contributed by atoms with Crippen molar-refractivity contribution in [1.82, 2.24) is 25.4 Å². The van der Waals surface area contributed by atoms with Gasteiger partial charge >= 0.3 is 0 Å². The van der Waals surface area contributed by atoms with Crippen LogP contribution in [-0.2, 0) is 5.41 Å². The van der Waals surface area contributed by atoms with Gasteiger partial charge in [-0.1, -0.05) is 12.1 Å². The SMILES string of the molecule is CCC1(c2nc(-c3cc(OC)ncn3)no2)CCNCC1. The highest BCUT2D eigenvalue weighted by molar-refractivity contribution is 5.49. The highest BCUT2D eigenvalue weighted by atomic mass is 16.5. The number of hydrogen-bond acceptors (Lipinski definition) is 7. The van der Waals surface area contributed by atoms with Gasteiger partial charge in [-0.05, 0) is 32.4 Å². The standard InChI is InChI=1S/C14H19N5O2/c1-3-14(4-6-15-7-5-14)13-18-12(19-21-13)10-8-11(20-2)17-9-16-10/h8-9,15H,3-7H2,1-2H3. The Labute approximate surface area is 123 Å². The molecule has 0 atom stereocenters. The second-order valence-electron chi connectivity index (χ2n) is 5.25. The molecule has 1 aliphatic rings. The van der Waals surface area contributed by atoms with Crippen LogP contribution in [0.1, 0.15) is 32.1 Å². The van der Waals surface area contributed by atoms with Crippen LogP contribution in [-0.4, -0.2) is 40.3 Å². The Morgan fingerprint density at radius 2 is 2.14 bits per heavy atom. The van der Waals surface area contributed by atoms with Crippen molar-refractivity contribution in [3.05, 3.63) is 18.3 Å². The molecule has 1 N–H and O–H groups in total. The van der Waals surface area contributed by atoms with E-state index >= 15 is 0 Å². The summed E-state index contributed by atoms with van der Waals surface area (Å²) in [5.74, 6) is 1.68. The van der Waals surface area contributed by atoms with Gasteiger partial charge in [-0.3, -0.25) is 0 Å². The van der Waals surface area contributed by atoms with E-state index in [4.69, 9.17) is 9.26 Å². The van der Waals surface area contributed by atoms with Gasteiger partial charge in [0.25, 0.3) is 0 Å². The Bertz CT molecular complexity index is 607. The Kier molecular flexibility index (Phi) is 3.83. The molecule has 3 heterocycles. The Balaban J connectivity index is 1.91. The first kappa shape index (κ1) is 13.9. The molecule has 3 rings (SSSR count). The van der Waals surface area contributed by atoms with Crippen LogP contribution in [0, 0.1) is 0 Å². The first-order valence-electron chi connectivity index (χ1n) is 7.19. The Morgan fingerprint density at radius 3 is 2.86 bits per heavy atom. The van der Waals surface area contributed by atoms with Crippen LogP contribution in [0.5, 0.6) is 5.88 Å². The molecular formula is C14H19N5O2. The molecule has 21 heavy (non-hydrogen) atoms. The summed E-state index contributed by atoms with van der Waals surface area (Å²) >= 11 is 0. The molecule has 0 radical (unpaired) electrons. The molecule has 0 aliphatic carbocycles. The smallest absolute Gasteiger partial charge is 0.233 e. The molecule has 0 amide bonds. The largest absolute Gasteiger partial charge is 0.481 e. The van der Waals surface area contributed by atoms with Crippen molar-refractivity contribution in [2.45, 2.75) is 31.6 Å². The number of nitrogens with one attached hydrogen (secondary N) is 1. The normalized spacial score (nSPS) is 17.6. The number of nitrogens with zero attached hydrogens (tertiary/aromatic N) is 4. The van der Waals surface area contributed by atoms with Gasteiger partial charge in [0.15, 0.2) is 0 Å². The average Bonchev–Trinajstić information content (AvgIpc) is 3.06.